The molecule has 2 aromatic heterocycles. The van der Waals surface area contributed by atoms with Gasteiger partial charge in [-0.15, -0.1) is 11.3 Å². The largest absolute Gasteiger partial charge is 0.508 e. The van der Waals surface area contributed by atoms with Crippen LogP contribution in [0.1, 0.15) is 42.5 Å². The van der Waals surface area contributed by atoms with Crippen LogP contribution < -0.4 is 16.4 Å². The van der Waals surface area contributed by atoms with Gasteiger partial charge in [-0.3, -0.25) is 10.2 Å². The molecule has 8 heteroatoms. The van der Waals surface area contributed by atoms with Gasteiger partial charge in [0.2, 0.25) is 0 Å². The van der Waals surface area contributed by atoms with E-state index in [9.17, 15) is 9.90 Å². The lowest BCUT2D eigenvalue weighted by Crippen LogP contribution is -2.21. The van der Waals surface area contributed by atoms with Crippen molar-refractivity contribution in [1.29, 1.82) is 0 Å². The third-order valence-electron chi connectivity index (χ3n) is 5.10. The number of nitrogens with zero attached hydrogens (tertiary/aromatic N) is 1. The summed E-state index contributed by atoms with van der Waals surface area (Å²) < 4.78 is 0. The molecule has 2 heterocycles. The molecule has 2 aromatic carbocycles. The lowest BCUT2D eigenvalue weighted by molar-refractivity contribution is 0.466. The molecular weight excluding hydrogens is 444 g/mol. The van der Waals surface area contributed by atoms with Crippen molar-refractivity contribution < 1.29 is 5.11 Å². The van der Waals surface area contributed by atoms with E-state index in [0.29, 0.717) is 34.2 Å². The van der Waals surface area contributed by atoms with Crippen LogP contribution in [0.15, 0.2) is 53.3 Å². The van der Waals surface area contributed by atoms with Gasteiger partial charge in [-0.25, -0.2) is 10.4 Å². The third-order valence-corrected chi connectivity index (χ3v) is 6.31. The molecule has 0 spiro atoms. The standard InChI is InChI=1S/C24H25ClN4O2S/c1-24(2,3)21-20(12-15-10-14-6-4-5-7-18(14)27-22(15)31)32-23(28-21)29-26-13-16-11-17(25)8-9-19(16)30/h4-11,26,30H,12-13H2,1-3H3,(H,27,31)(H,28,29). The number of thiazole rings is 1. The second kappa shape index (κ2) is 8.94. The summed E-state index contributed by atoms with van der Waals surface area (Å²) in [5.74, 6) is 0.175. The number of aromatic nitrogens is 2. The highest BCUT2D eigenvalue weighted by molar-refractivity contribution is 7.15. The van der Waals surface area contributed by atoms with Gasteiger partial charge in [-0.1, -0.05) is 50.6 Å². The summed E-state index contributed by atoms with van der Waals surface area (Å²) in [6, 6.07) is 14.6. The molecule has 0 saturated carbocycles. The second-order valence-corrected chi connectivity index (χ2v) is 10.2. The molecule has 0 amide bonds. The predicted octanol–water partition coefficient (Wildman–Crippen LogP) is 5.35. The second-order valence-electron chi connectivity index (χ2n) is 8.68. The Kier molecular flexibility index (Phi) is 6.24. The van der Waals surface area contributed by atoms with Gasteiger partial charge in [0.1, 0.15) is 5.75 Å². The zero-order valence-electron chi connectivity index (χ0n) is 18.1. The fraction of sp³-hybridized carbons (Fsp3) is 0.250. The minimum atomic E-state index is -0.180. The summed E-state index contributed by atoms with van der Waals surface area (Å²) >= 11 is 7.53. The van der Waals surface area contributed by atoms with Crippen LogP contribution >= 0.6 is 22.9 Å². The van der Waals surface area contributed by atoms with Gasteiger partial charge in [0, 0.05) is 44.9 Å². The summed E-state index contributed by atoms with van der Waals surface area (Å²) in [5, 5.41) is 12.2. The van der Waals surface area contributed by atoms with Crippen LogP contribution in [-0.2, 0) is 18.4 Å². The van der Waals surface area contributed by atoms with Crippen molar-refractivity contribution in [3.05, 3.63) is 85.6 Å². The van der Waals surface area contributed by atoms with Crippen LogP contribution in [-0.4, -0.2) is 15.1 Å². The molecule has 0 aliphatic carbocycles. The maximum Gasteiger partial charge on any atom is 0.251 e. The number of aromatic hydroxyl groups is 1. The van der Waals surface area contributed by atoms with Crippen LogP contribution in [0.5, 0.6) is 5.75 Å². The first-order chi connectivity index (χ1) is 15.2. The number of pyridine rings is 1. The highest BCUT2D eigenvalue weighted by atomic mass is 35.5. The van der Waals surface area contributed by atoms with Crippen molar-refractivity contribution in [3.8, 4) is 5.75 Å². The number of nitrogens with one attached hydrogen (secondary N) is 3. The Hall–Kier alpha value is -2.87. The number of aromatic amines is 1. The topological polar surface area (TPSA) is 90.0 Å². The van der Waals surface area contributed by atoms with E-state index >= 15 is 0 Å². The number of phenols is 1. The highest BCUT2D eigenvalue weighted by Gasteiger charge is 2.24. The maximum absolute atomic E-state index is 12.7. The highest BCUT2D eigenvalue weighted by Crippen LogP contribution is 2.33. The van der Waals surface area contributed by atoms with E-state index in [4.69, 9.17) is 16.6 Å². The van der Waals surface area contributed by atoms with Crippen LogP contribution in [0.3, 0.4) is 0 Å². The molecule has 0 bridgehead atoms. The molecular formula is C24H25ClN4O2S. The van der Waals surface area contributed by atoms with Crippen LogP contribution in [0.2, 0.25) is 5.02 Å². The number of benzene rings is 2. The molecule has 4 aromatic rings. The average Bonchev–Trinajstić information content (AvgIpc) is 3.14. The first-order valence-corrected chi connectivity index (χ1v) is 11.5. The number of H-pyrrole nitrogens is 1. The summed E-state index contributed by atoms with van der Waals surface area (Å²) in [7, 11) is 0. The molecule has 0 fully saturated rings. The zero-order valence-corrected chi connectivity index (χ0v) is 19.7. The van der Waals surface area contributed by atoms with Crippen molar-refractivity contribution in [3.63, 3.8) is 0 Å². The molecule has 32 heavy (non-hydrogen) atoms. The summed E-state index contributed by atoms with van der Waals surface area (Å²) in [6.07, 6.45) is 0.501. The van der Waals surface area contributed by atoms with E-state index in [1.807, 2.05) is 30.3 Å². The number of halogens is 1. The van der Waals surface area contributed by atoms with Gasteiger partial charge in [0.05, 0.1) is 5.69 Å². The van der Waals surface area contributed by atoms with Crippen LogP contribution in [0.25, 0.3) is 10.9 Å². The van der Waals surface area contributed by atoms with Gasteiger partial charge in [0.15, 0.2) is 5.13 Å². The number of fused-ring (bicyclic) bond motifs is 1. The summed E-state index contributed by atoms with van der Waals surface area (Å²) in [4.78, 5) is 21.5. The van der Waals surface area contributed by atoms with Crippen LogP contribution in [0, 0.1) is 0 Å². The maximum atomic E-state index is 12.7. The number of phenolic OH excluding ortho intramolecular Hbond substituents is 1. The Balaban J connectivity index is 1.57. The van der Waals surface area contributed by atoms with E-state index < -0.39 is 0 Å². The predicted molar refractivity (Wildman–Crippen MR) is 132 cm³/mol. The van der Waals surface area contributed by atoms with E-state index in [1.54, 1.807) is 18.2 Å². The van der Waals surface area contributed by atoms with Crippen molar-refractivity contribution >= 4 is 39.0 Å². The molecule has 0 atom stereocenters. The van der Waals surface area contributed by atoms with Crippen molar-refractivity contribution in [1.82, 2.24) is 15.4 Å². The third kappa shape index (κ3) is 4.96. The Bertz CT molecular complexity index is 1320. The quantitative estimate of drug-likeness (QED) is 0.286. The van der Waals surface area contributed by atoms with Crippen molar-refractivity contribution in [2.24, 2.45) is 0 Å². The van der Waals surface area contributed by atoms with Gasteiger partial charge in [0.25, 0.3) is 5.56 Å². The van der Waals surface area contributed by atoms with Gasteiger partial charge < -0.3 is 10.1 Å². The average molecular weight is 469 g/mol. The smallest absolute Gasteiger partial charge is 0.251 e. The minimum Gasteiger partial charge on any atom is -0.508 e. The van der Waals surface area contributed by atoms with Crippen molar-refractivity contribution in [2.45, 2.75) is 39.2 Å². The van der Waals surface area contributed by atoms with Crippen LogP contribution in [0.4, 0.5) is 5.13 Å². The number of hydrogen-bond acceptors (Lipinski definition) is 6. The molecule has 0 aliphatic rings. The number of para-hydroxylation sites is 1. The Labute approximate surface area is 195 Å². The minimum absolute atomic E-state index is 0.0824. The number of hydrazine groups is 1. The fourth-order valence-electron chi connectivity index (χ4n) is 3.52. The monoisotopic (exact) mass is 468 g/mol. The molecule has 0 radical (unpaired) electrons. The molecule has 4 N–H and O–H groups in total. The Morgan fingerprint density at radius 1 is 1.12 bits per heavy atom. The van der Waals surface area contributed by atoms with Gasteiger partial charge in [-0.2, -0.15) is 0 Å². The van der Waals surface area contributed by atoms with E-state index in [-0.39, 0.29) is 16.7 Å². The molecule has 0 unspecified atom stereocenters. The van der Waals surface area contributed by atoms with E-state index in [0.717, 1.165) is 21.5 Å². The number of anilines is 1. The van der Waals surface area contributed by atoms with Gasteiger partial charge in [-0.05, 0) is 35.7 Å². The van der Waals surface area contributed by atoms with Crippen molar-refractivity contribution in [2.75, 3.05) is 5.43 Å². The zero-order chi connectivity index (χ0) is 22.9. The first-order valence-electron chi connectivity index (χ1n) is 10.3. The molecule has 4 rings (SSSR count). The first kappa shape index (κ1) is 22.3. The lowest BCUT2D eigenvalue weighted by Gasteiger charge is -2.17. The molecule has 6 nitrogen and oxygen atoms in total. The van der Waals surface area contributed by atoms with E-state index in [2.05, 4.69) is 36.6 Å². The van der Waals surface area contributed by atoms with Gasteiger partial charge >= 0.3 is 0 Å². The molecule has 166 valence electrons. The summed E-state index contributed by atoms with van der Waals surface area (Å²) in [6.45, 7) is 6.70. The Morgan fingerprint density at radius 3 is 2.69 bits per heavy atom. The fourth-order valence-corrected chi connectivity index (χ4v) is 4.88. The Morgan fingerprint density at radius 2 is 1.91 bits per heavy atom. The normalized spacial score (nSPS) is 11.8. The number of rotatable bonds is 6. The van der Waals surface area contributed by atoms with E-state index in [1.165, 1.54) is 11.3 Å². The number of hydrogen-bond donors (Lipinski definition) is 4. The lowest BCUT2D eigenvalue weighted by atomic mass is 9.90. The summed E-state index contributed by atoms with van der Waals surface area (Å²) in [5.41, 5.74) is 9.12. The molecule has 0 aliphatic heterocycles. The SMILES string of the molecule is CC(C)(C)c1nc(NNCc2cc(Cl)ccc2O)sc1Cc1cc2ccccc2[nH]c1=O. The molecule has 0 saturated heterocycles.